The lowest BCUT2D eigenvalue weighted by atomic mass is 10.0. The number of nitrogens with two attached hydrogens (primary N) is 1. The number of halogens is 1. The maximum Gasteiger partial charge on any atom is 0.228 e. The van der Waals surface area contributed by atoms with E-state index in [1.165, 1.54) is 18.3 Å². The van der Waals surface area contributed by atoms with Crippen LogP contribution in [-0.4, -0.2) is 16.9 Å². The largest absolute Gasteiger partial charge is 0.327 e. The second kappa shape index (κ2) is 4.84. The molecule has 3 N–H and O–H groups in total. The fraction of sp³-hybridized carbons (Fsp3) is 0.400. The zero-order valence-corrected chi connectivity index (χ0v) is 8.70. The summed E-state index contributed by atoms with van der Waals surface area (Å²) in [5.74, 6) is -1.07. The predicted molar refractivity (Wildman–Crippen MR) is 55.6 cm³/mol. The minimum absolute atomic E-state index is 0.196. The van der Waals surface area contributed by atoms with Crippen LogP contribution in [0.2, 0.25) is 0 Å². The highest BCUT2D eigenvalue weighted by Gasteiger charge is 2.16. The average molecular weight is 211 g/mol. The van der Waals surface area contributed by atoms with Crippen molar-refractivity contribution in [3.05, 3.63) is 24.3 Å². The Morgan fingerprint density at radius 1 is 1.53 bits per heavy atom. The number of carbonyl (C=O) groups is 1. The van der Waals surface area contributed by atoms with Crippen LogP contribution in [-0.2, 0) is 4.79 Å². The zero-order chi connectivity index (χ0) is 11.4. The van der Waals surface area contributed by atoms with Crippen LogP contribution in [0.4, 0.5) is 10.1 Å². The van der Waals surface area contributed by atoms with Gasteiger partial charge in [0, 0.05) is 6.04 Å². The zero-order valence-electron chi connectivity index (χ0n) is 8.70. The number of pyridine rings is 1. The van der Waals surface area contributed by atoms with E-state index in [0.29, 0.717) is 5.69 Å². The molecule has 1 heterocycles. The second-order valence-electron chi connectivity index (χ2n) is 3.51. The molecule has 2 atom stereocenters. The van der Waals surface area contributed by atoms with Crippen LogP contribution in [0, 0.1) is 11.9 Å². The summed E-state index contributed by atoms with van der Waals surface area (Å²) < 4.78 is 12.5. The van der Waals surface area contributed by atoms with Gasteiger partial charge in [0.25, 0.3) is 0 Å². The number of amides is 1. The minimum atomic E-state index is -0.576. The molecule has 1 amide bonds. The normalized spacial score (nSPS) is 14.4. The van der Waals surface area contributed by atoms with E-state index in [0.717, 1.165) is 0 Å². The summed E-state index contributed by atoms with van der Waals surface area (Å²) >= 11 is 0. The molecule has 82 valence electrons. The van der Waals surface area contributed by atoms with Gasteiger partial charge in [0.2, 0.25) is 11.9 Å². The molecule has 0 aromatic carbocycles. The van der Waals surface area contributed by atoms with E-state index < -0.39 is 5.95 Å². The molecule has 0 fully saturated rings. The van der Waals surface area contributed by atoms with Crippen LogP contribution >= 0.6 is 0 Å². The number of anilines is 1. The molecule has 1 aromatic heterocycles. The first-order valence-corrected chi connectivity index (χ1v) is 4.68. The Bertz CT molecular complexity index is 337. The van der Waals surface area contributed by atoms with Gasteiger partial charge in [-0.25, -0.2) is 4.98 Å². The molecule has 4 nitrogen and oxygen atoms in total. The van der Waals surface area contributed by atoms with Crippen molar-refractivity contribution in [1.82, 2.24) is 4.98 Å². The summed E-state index contributed by atoms with van der Waals surface area (Å²) in [5.41, 5.74) is 6.04. The Morgan fingerprint density at radius 3 is 2.67 bits per heavy atom. The number of aromatic nitrogens is 1. The Balaban J connectivity index is 2.62. The van der Waals surface area contributed by atoms with Crippen molar-refractivity contribution in [3.63, 3.8) is 0 Å². The van der Waals surface area contributed by atoms with E-state index in [1.807, 2.05) is 0 Å². The third-order valence-corrected chi connectivity index (χ3v) is 2.20. The van der Waals surface area contributed by atoms with Crippen molar-refractivity contribution in [2.24, 2.45) is 11.7 Å². The maximum atomic E-state index is 12.5. The Labute approximate surface area is 87.7 Å². The average Bonchev–Trinajstić information content (AvgIpc) is 2.20. The quantitative estimate of drug-likeness (QED) is 0.737. The molecular weight excluding hydrogens is 197 g/mol. The minimum Gasteiger partial charge on any atom is -0.327 e. The maximum absolute atomic E-state index is 12.5. The number of hydrogen-bond acceptors (Lipinski definition) is 3. The summed E-state index contributed by atoms with van der Waals surface area (Å²) in [6.07, 6.45) is 1.27. The van der Waals surface area contributed by atoms with Crippen LogP contribution in [0.3, 0.4) is 0 Å². The molecule has 15 heavy (non-hydrogen) atoms. The molecule has 2 unspecified atom stereocenters. The fourth-order valence-corrected chi connectivity index (χ4v) is 0.945. The van der Waals surface area contributed by atoms with Gasteiger partial charge >= 0.3 is 0 Å². The van der Waals surface area contributed by atoms with Gasteiger partial charge < -0.3 is 11.1 Å². The summed E-state index contributed by atoms with van der Waals surface area (Å²) in [6, 6.07) is 2.42. The van der Waals surface area contributed by atoms with Crippen LogP contribution in [0.5, 0.6) is 0 Å². The monoisotopic (exact) mass is 211 g/mol. The van der Waals surface area contributed by atoms with Crippen LogP contribution in [0.25, 0.3) is 0 Å². The molecule has 1 rings (SSSR count). The van der Waals surface area contributed by atoms with E-state index in [1.54, 1.807) is 13.8 Å². The van der Waals surface area contributed by atoms with E-state index >= 15 is 0 Å². The molecule has 0 spiro atoms. The molecule has 0 aliphatic rings. The van der Waals surface area contributed by atoms with E-state index in [-0.39, 0.29) is 17.9 Å². The van der Waals surface area contributed by atoms with E-state index in [4.69, 9.17) is 5.73 Å². The molecule has 0 saturated heterocycles. The van der Waals surface area contributed by atoms with Gasteiger partial charge in [0.1, 0.15) is 0 Å². The van der Waals surface area contributed by atoms with Crippen molar-refractivity contribution in [2.75, 3.05) is 5.32 Å². The molecular formula is C10H14FN3O. The van der Waals surface area contributed by atoms with Gasteiger partial charge in [-0.3, -0.25) is 4.79 Å². The number of hydrogen-bond donors (Lipinski definition) is 2. The molecule has 0 aliphatic heterocycles. The van der Waals surface area contributed by atoms with Gasteiger partial charge in [-0.05, 0) is 19.1 Å². The van der Waals surface area contributed by atoms with E-state index in [9.17, 15) is 9.18 Å². The van der Waals surface area contributed by atoms with Gasteiger partial charge in [-0.1, -0.05) is 6.92 Å². The summed E-state index contributed by atoms with van der Waals surface area (Å²) in [6.45, 7) is 3.49. The molecule has 0 bridgehead atoms. The highest BCUT2D eigenvalue weighted by molar-refractivity contribution is 5.92. The SMILES string of the molecule is CC(N)C(C)C(=O)Nc1ccc(F)nc1. The van der Waals surface area contributed by atoms with Crippen molar-refractivity contribution in [2.45, 2.75) is 19.9 Å². The first-order chi connectivity index (χ1) is 7.00. The number of nitrogens with zero attached hydrogens (tertiary/aromatic N) is 1. The Hall–Kier alpha value is -1.49. The van der Waals surface area contributed by atoms with Crippen LogP contribution < -0.4 is 11.1 Å². The smallest absolute Gasteiger partial charge is 0.228 e. The van der Waals surface area contributed by atoms with Gasteiger partial charge in [-0.2, -0.15) is 4.39 Å². The third-order valence-electron chi connectivity index (χ3n) is 2.20. The molecule has 1 aromatic rings. The topological polar surface area (TPSA) is 68.0 Å². The lowest BCUT2D eigenvalue weighted by Crippen LogP contribution is -2.34. The van der Waals surface area contributed by atoms with Crippen molar-refractivity contribution in [3.8, 4) is 0 Å². The molecule has 5 heteroatoms. The summed E-state index contributed by atoms with van der Waals surface area (Å²) in [5, 5.41) is 2.60. The molecule has 0 aliphatic carbocycles. The molecule has 0 saturated carbocycles. The van der Waals surface area contributed by atoms with E-state index in [2.05, 4.69) is 10.3 Å². The number of rotatable bonds is 3. The van der Waals surface area contributed by atoms with Crippen molar-refractivity contribution in [1.29, 1.82) is 0 Å². The fourth-order valence-electron chi connectivity index (χ4n) is 0.945. The highest BCUT2D eigenvalue weighted by Crippen LogP contribution is 2.08. The summed E-state index contributed by atoms with van der Waals surface area (Å²) in [4.78, 5) is 14.9. The Kier molecular flexibility index (Phi) is 3.74. The highest BCUT2D eigenvalue weighted by atomic mass is 19.1. The molecule has 0 radical (unpaired) electrons. The van der Waals surface area contributed by atoms with Crippen LogP contribution in [0.15, 0.2) is 18.3 Å². The Morgan fingerprint density at radius 2 is 2.20 bits per heavy atom. The lowest BCUT2D eigenvalue weighted by molar-refractivity contribution is -0.119. The summed E-state index contributed by atoms with van der Waals surface area (Å²) in [7, 11) is 0. The van der Waals surface area contributed by atoms with Crippen molar-refractivity contribution >= 4 is 11.6 Å². The second-order valence-corrected chi connectivity index (χ2v) is 3.51. The predicted octanol–water partition coefficient (Wildman–Crippen LogP) is 1.14. The first kappa shape index (κ1) is 11.6. The van der Waals surface area contributed by atoms with Crippen LogP contribution in [0.1, 0.15) is 13.8 Å². The number of carbonyl (C=O) groups excluding carboxylic acids is 1. The van der Waals surface area contributed by atoms with Gasteiger partial charge in [0.15, 0.2) is 0 Å². The number of nitrogens with one attached hydrogen (secondary N) is 1. The standard InChI is InChI=1S/C10H14FN3O/c1-6(7(2)12)10(15)14-8-3-4-9(11)13-5-8/h3-7H,12H2,1-2H3,(H,14,15). The third kappa shape index (κ3) is 3.28. The van der Waals surface area contributed by atoms with Crippen molar-refractivity contribution < 1.29 is 9.18 Å². The first-order valence-electron chi connectivity index (χ1n) is 4.68. The van der Waals surface area contributed by atoms with Gasteiger partial charge in [0.05, 0.1) is 17.8 Å². The van der Waals surface area contributed by atoms with Gasteiger partial charge in [-0.15, -0.1) is 0 Å². The lowest BCUT2D eigenvalue weighted by Gasteiger charge is -2.14.